The first kappa shape index (κ1) is 46.6. The molecule has 0 spiro atoms. The molecule has 12 rings (SSSR count). The van der Waals surface area contributed by atoms with Crippen molar-refractivity contribution in [1.82, 2.24) is 4.57 Å². The van der Waals surface area contributed by atoms with Gasteiger partial charge in [0.15, 0.2) is 34.5 Å². The molecule has 11 aromatic rings. The summed E-state index contributed by atoms with van der Waals surface area (Å²) in [5.41, 5.74) is -1.40. The maximum atomic E-state index is 14.6. The van der Waals surface area contributed by atoms with Crippen molar-refractivity contribution in [3.63, 3.8) is 0 Å². The summed E-state index contributed by atoms with van der Waals surface area (Å²) >= 11 is 0. The Labute approximate surface area is 424 Å². The molecule has 374 valence electrons. The van der Waals surface area contributed by atoms with E-state index in [2.05, 4.69) is 0 Å². The molecule has 1 aliphatic heterocycles. The minimum atomic E-state index is -1.07. The molecule has 0 amide bonds. The van der Waals surface area contributed by atoms with Gasteiger partial charge in [0, 0.05) is 50.7 Å². The molecule has 6 heterocycles. The van der Waals surface area contributed by atoms with Gasteiger partial charge in [-0.25, -0.2) is 33.6 Å². The predicted octanol–water partition coefficient (Wildman–Crippen LogP) is 9.64. The summed E-state index contributed by atoms with van der Waals surface area (Å²) < 4.78 is 58.8. The van der Waals surface area contributed by atoms with Gasteiger partial charge in [-0.05, 0) is 84.3 Å². The number of fused-ring (bicyclic) bond motifs is 10. The minimum Gasteiger partial charge on any atom is -0.493 e. The Balaban J connectivity index is 1.03. The van der Waals surface area contributed by atoms with Crippen LogP contribution in [0, 0.1) is 0 Å². The number of aryl methyl sites for hydroxylation is 2. The molecular weight excluding hydrogens is 983 g/mol. The van der Waals surface area contributed by atoms with Crippen LogP contribution in [-0.4, -0.2) is 43.8 Å². The van der Waals surface area contributed by atoms with Crippen molar-refractivity contribution in [2.24, 2.45) is 0 Å². The van der Waals surface area contributed by atoms with E-state index in [0.29, 0.717) is 61.3 Å². The third-order valence-corrected chi connectivity index (χ3v) is 13.1. The van der Waals surface area contributed by atoms with Crippen LogP contribution in [0.2, 0.25) is 0 Å². The Hall–Kier alpha value is -10.5. The van der Waals surface area contributed by atoms with Crippen LogP contribution in [0.3, 0.4) is 0 Å². The van der Waals surface area contributed by atoms with Crippen LogP contribution in [0.1, 0.15) is 36.6 Å². The highest BCUT2D eigenvalue weighted by Crippen LogP contribution is 2.50. The second-order valence-corrected chi connectivity index (χ2v) is 17.4. The number of carbonyl (C=O) groups excluding carboxylic acids is 3. The van der Waals surface area contributed by atoms with E-state index < -0.39 is 46.0 Å². The number of carbonyl (C=O) groups is 3. The van der Waals surface area contributed by atoms with Crippen LogP contribution in [0.15, 0.2) is 170 Å². The van der Waals surface area contributed by atoms with Crippen molar-refractivity contribution in [1.29, 1.82) is 0 Å². The Morgan fingerprint density at radius 3 is 1.45 bits per heavy atom. The standard InChI is InChI=1S/C58H35NO17/c1-67-43-24-32(16-17-41(43)73-55(63)35-20-29-10-4-7-13-38(29)70-52(35)60)48-49-34-26-45(69-3)47(76-57(65)37-22-31-12-6-9-15-40(31)72-54(37)62)27-42(34)74-58(66)51(49)59-19-18-28-23-44(68-2)46(25-33(28)50(48)59)75-56(64)36-21-30-11-5-8-14-39(30)71-53(36)61/h4-17,20-27H,18-19H2,1-3H3. The Kier molecular flexibility index (Phi) is 11.2. The summed E-state index contributed by atoms with van der Waals surface area (Å²) in [5.74, 6) is -3.25. The summed E-state index contributed by atoms with van der Waals surface area (Å²) in [7, 11) is 4.09. The van der Waals surface area contributed by atoms with Crippen LogP contribution >= 0.6 is 0 Å². The molecule has 0 radical (unpaired) electrons. The summed E-state index contributed by atoms with van der Waals surface area (Å²) in [6, 6.07) is 34.8. The molecule has 0 aliphatic carbocycles. The molecular formula is C58H35NO17. The van der Waals surface area contributed by atoms with Crippen LogP contribution in [0.4, 0.5) is 0 Å². The number of benzene rings is 6. The van der Waals surface area contributed by atoms with Crippen molar-refractivity contribution < 1.29 is 60.5 Å². The van der Waals surface area contributed by atoms with Gasteiger partial charge in [0.2, 0.25) is 0 Å². The van der Waals surface area contributed by atoms with Crippen molar-refractivity contribution in [3.8, 4) is 56.9 Å². The number of para-hydroxylation sites is 3. The lowest BCUT2D eigenvalue weighted by molar-refractivity contribution is 0.0716. The predicted molar refractivity (Wildman–Crippen MR) is 275 cm³/mol. The molecule has 18 nitrogen and oxygen atoms in total. The number of rotatable bonds is 10. The molecule has 76 heavy (non-hydrogen) atoms. The lowest BCUT2D eigenvalue weighted by Gasteiger charge is -2.23. The molecule has 0 saturated heterocycles. The molecule has 0 saturated carbocycles. The largest absolute Gasteiger partial charge is 0.493 e. The first-order valence-electron chi connectivity index (χ1n) is 23.3. The van der Waals surface area contributed by atoms with Crippen LogP contribution < -0.4 is 50.9 Å². The molecule has 0 N–H and O–H groups in total. The number of aromatic nitrogens is 1. The maximum Gasteiger partial charge on any atom is 0.361 e. The van der Waals surface area contributed by atoms with E-state index in [9.17, 15) is 33.6 Å². The summed E-state index contributed by atoms with van der Waals surface area (Å²) in [6.45, 7) is 0.220. The van der Waals surface area contributed by atoms with Gasteiger partial charge in [-0.15, -0.1) is 0 Å². The number of hydrogen-bond acceptors (Lipinski definition) is 17. The summed E-state index contributed by atoms with van der Waals surface area (Å²) in [6.07, 6.45) is 0.337. The first-order chi connectivity index (χ1) is 36.9. The quantitative estimate of drug-likeness (QED) is 0.0704. The molecule has 0 atom stereocenters. The van der Waals surface area contributed by atoms with Gasteiger partial charge in [0.05, 0.1) is 27.0 Å². The van der Waals surface area contributed by atoms with E-state index >= 15 is 0 Å². The third kappa shape index (κ3) is 7.79. The number of ether oxygens (including phenoxy) is 6. The Bertz CT molecular complexity index is 4570. The van der Waals surface area contributed by atoms with Gasteiger partial charge in [0.25, 0.3) is 0 Å². The van der Waals surface area contributed by atoms with Crippen LogP contribution in [0.5, 0.6) is 34.5 Å². The van der Waals surface area contributed by atoms with E-state index in [4.69, 9.17) is 46.1 Å². The second-order valence-electron chi connectivity index (χ2n) is 17.4. The SMILES string of the molecule is COc1cc(-c2c3n(c4c(=O)oc5cc(OC(=O)c6cc7ccccc7oc6=O)c(OC)cc5c24)CCc2cc(OC)c(OC(=O)c4cc5ccccc5oc4=O)cc2-3)ccc1OC(=O)c1cc2ccccc2oc1=O. The highest BCUT2D eigenvalue weighted by Gasteiger charge is 2.33. The van der Waals surface area contributed by atoms with E-state index in [-0.39, 0.29) is 80.0 Å². The number of hydrogen-bond donors (Lipinski definition) is 0. The Morgan fingerprint density at radius 2 is 0.921 bits per heavy atom. The van der Waals surface area contributed by atoms with Gasteiger partial charge in [0.1, 0.15) is 44.5 Å². The van der Waals surface area contributed by atoms with Gasteiger partial charge in [-0.3, -0.25) is 0 Å². The highest BCUT2D eigenvalue weighted by atomic mass is 16.6. The fourth-order valence-corrected chi connectivity index (χ4v) is 9.57. The van der Waals surface area contributed by atoms with Crippen molar-refractivity contribution >= 4 is 72.7 Å². The number of esters is 3. The molecule has 0 fully saturated rings. The second kappa shape index (κ2) is 18.2. The summed E-state index contributed by atoms with van der Waals surface area (Å²) in [5, 5.41) is 2.08. The zero-order chi connectivity index (χ0) is 52.5. The van der Waals surface area contributed by atoms with E-state index in [1.165, 1.54) is 57.7 Å². The maximum absolute atomic E-state index is 14.6. The van der Waals surface area contributed by atoms with Crippen LogP contribution in [-0.2, 0) is 13.0 Å². The monoisotopic (exact) mass is 1020 g/mol. The van der Waals surface area contributed by atoms with Gasteiger partial charge in [-0.2, -0.15) is 0 Å². The highest BCUT2D eigenvalue weighted by molar-refractivity contribution is 6.17. The lowest BCUT2D eigenvalue weighted by atomic mass is 9.91. The van der Waals surface area contributed by atoms with E-state index in [1.807, 2.05) is 0 Å². The molecule has 18 heteroatoms. The number of nitrogens with zero attached hydrogens (tertiary/aromatic N) is 1. The fourth-order valence-electron chi connectivity index (χ4n) is 9.57. The molecule has 0 unspecified atom stereocenters. The van der Waals surface area contributed by atoms with Gasteiger partial charge in [-0.1, -0.05) is 60.7 Å². The van der Waals surface area contributed by atoms with Crippen molar-refractivity contribution in [3.05, 3.63) is 197 Å². The molecule has 0 bridgehead atoms. The zero-order valence-corrected chi connectivity index (χ0v) is 40.0. The van der Waals surface area contributed by atoms with Crippen LogP contribution in [0.25, 0.3) is 77.2 Å². The van der Waals surface area contributed by atoms with E-state index in [1.54, 1.807) is 102 Å². The zero-order valence-electron chi connectivity index (χ0n) is 40.0. The molecule has 6 aromatic carbocycles. The minimum absolute atomic E-state index is 0.00630. The molecule has 5 aromatic heterocycles. The normalized spacial score (nSPS) is 11.9. The van der Waals surface area contributed by atoms with Gasteiger partial charge >= 0.3 is 40.4 Å². The average molecular weight is 1020 g/mol. The average Bonchev–Trinajstić information content (AvgIpc) is 3.99. The van der Waals surface area contributed by atoms with Crippen molar-refractivity contribution in [2.45, 2.75) is 13.0 Å². The van der Waals surface area contributed by atoms with Gasteiger partial charge < -0.3 is 50.7 Å². The lowest BCUT2D eigenvalue weighted by Crippen LogP contribution is -2.19. The topological polar surface area (TPSA) is 232 Å². The fraction of sp³-hybridized carbons (Fsp3) is 0.0862. The Morgan fingerprint density at radius 1 is 0.461 bits per heavy atom. The summed E-state index contributed by atoms with van der Waals surface area (Å²) in [4.78, 5) is 95.0. The molecule has 1 aliphatic rings. The third-order valence-electron chi connectivity index (χ3n) is 13.1. The smallest absolute Gasteiger partial charge is 0.361 e. The van der Waals surface area contributed by atoms with E-state index in [0.717, 1.165) is 0 Å². The number of methoxy groups -OCH3 is 3. The first-order valence-corrected chi connectivity index (χ1v) is 23.3. The van der Waals surface area contributed by atoms with Crippen molar-refractivity contribution in [2.75, 3.05) is 21.3 Å².